The number of nitrogens with two attached hydrogens (primary N) is 1. The summed E-state index contributed by atoms with van der Waals surface area (Å²) in [5.74, 6) is 0.884. The number of fused-ring (bicyclic) bond motifs is 1. The van der Waals surface area contributed by atoms with Gasteiger partial charge in [-0.05, 0) is 54.0 Å². The third kappa shape index (κ3) is 5.53. The maximum atomic E-state index is 13.1. The molecule has 2 amide bonds. The first-order valence-corrected chi connectivity index (χ1v) is 12.1. The fourth-order valence-electron chi connectivity index (χ4n) is 3.40. The van der Waals surface area contributed by atoms with Gasteiger partial charge in [-0.25, -0.2) is 14.6 Å². The number of amides is 2. The highest BCUT2D eigenvalue weighted by atomic mass is 32.2. The van der Waals surface area contributed by atoms with Crippen molar-refractivity contribution in [3.63, 3.8) is 0 Å². The standard InChI is InChI=1S/C21H31N3O5S2/c1-19(2,3)28-17(25)24(18(26)29-20(4,5)6)16-23-21(15-9-14(22)11-30-15)12-27-8-7-13(21)10-31-16/h9,11,13H,7-8,10,12,22H2,1-6H3/t13-,21-/m0/s1. The molecule has 0 unspecified atom stereocenters. The second-order valence-corrected chi connectivity index (χ2v) is 11.6. The first kappa shape index (κ1) is 23.9. The number of carbonyl (C=O) groups excluding carboxylic acids is 2. The van der Waals surface area contributed by atoms with Crippen LogP contribution in [0.1, 0.15) is 52.8 Å². The lowest BCUT2D eigenvalue weighted by molar-refractivity contribution is 0.00288. The van der Waals surface area contributed by atoms with E-state index in [9.17, 15) is 9.59 Å². The van der Waals surface area contributed by atoms with E-state index >= 15 is 0 Å². The van der Waals surface area contributed by atoms with Crippen molar-refractivity contribution in [2.45, 2.75) is 64.7 Å². The lowest BCUT2D eigenvalue weighted by Crippen LogP contribution is -2.52. The van der Waals surface area contributed by atoms with Crippen molar-refractivity contribution in [2.24, 2.45) is 10.9 Å². The van der Waals surface area contributed by atoms with Crippen LogP contribution in [0.15, 0.2) is 16.4 Å². The second-order valence-electron chi connectivity index (χ2n) is 9.71. The number of anilines is 1. The summed E-state index contributed by atoms with van der Waals surface area (Å²) in [7, 11) is 0. The number of rotatable bonds is 1. The average Bonchev–Trinajstić information content (AvgIpc) is 3.05. The quantitative estimate of drug-likeness (QED) is 0.628. The predicted molar refractivity (Wildman–Crippen MR) is 124 cm³/mol. The molecule has 0 spiro atoms. The second kappa shape index (κ2) is 8.63. The summed E-state index contributed by atoms with van der Waals surface area (Å²) in [5.41, 5.74) is 4.37. The number of hydrogen-bond acceptors (Lipinski definition) is 9. The number of thiophene rings is 1. The maximum absolute atomic E-state index is 13.1. The zero-order valence-corrected chi connectivity index (χ0v) is 20.5. The van der Waals surface area contributed by atoms with Crippen LogP contribution in [-0.4, -0.2) is 52.4 Å². The molecule has 3 rings (SSSR count). The molecule has 0 aliphatic carbocycles. The highest BCUT2D eigenvalue weighted by molar-refractivity contribution is 8.13. The van der Waals surface area contributed by atoms with Crippen LogP contribution in [0.2, 0.25) is 0 Å². The van der Waals surface area contributed by atoms with E-state index in [0.29, 0.717) is 24.7 Å². The molecule has 2 atom stereocenters. The molecule has 8 nitrogen and oxygen atoms in total. The highest BCUT2D eigenvalue weighted by Gasteiger charge is 2.49. The van der Waals surface area contributed by atoms with Crippen LogP contribution < -0.4 is 5.73 Å². The summed E-state index contributed by atoms with van der Waals surface area (Å²) >= 11 is 2.87. The number of nitrogens with zero attached hydrogens (tertiary/aromatic N) is 2. The molecule has 10 heteroatoms. The summed E-state index contributed by atoms with van der Waals surface area (Å²) in [4.78, 5) is 32.9. The fourth-order valence-corrected chi connectivity index (χ4v) is 5.71. The molecule has 2 N–H and O–H groups in total. The van der Waals surface area contributed by atoms with Crippen molar-refractivity contribution in [1.82, 2.24) is 4.90 Å². The minimum atomic E-state index is -0.816. The van der Waals surface area contributed by atoms with Gasteiger partial charge in [-0.1, -0.05) is 11.8 Å². The Bertz CT molecular complexity index is 843. The van der Waals surface area contributed by atoms with Gasteiger partial charge in [-0.3, -0.25) is 0 Å². The van der Waals surface area contributed by atoms with Crippen molar-refractivity contribution < 1.29 is 23.8 Å². The molecular weight excluding hydrogens is 438 g/mol. The Hall–Kier alpha value is -1.78. The first-order chi connectivity index (χ1) is 14.3. The number of imide groups is 1. The van der Waals surface area contributed by atoms with Gasteiger partial charge in [0, 0.05) is 34.2 Å². The average molecular weight is 470 g/mol. The van der Waals surface area contributed by atoms with Crippen molar-refractivity contribution in [3.05, 3.63) is 16.3 Å². The van der Waals surface area contributed by atoms with Crippen LogP contribution in [0.3, 0.4) is 0 Å². The Kier molecular flexibility index (Phi) is 6.65. The van der Waals surface area contributed by atoms with Gasteiger partial charge in [0.25, 0.3) is 0 Å². The molecular formula is C21H31N3O5S2. The van der Waals surface area contributed by atoms with Crippen molar-refractivity contribution in [2.75, 3.05) is 24.7 Å². The van der Waals surface area contributed by atoms with Crippen molar-refractivity contribution >= 4 is 46.1 Å². The summed E-state index contributed by atoms with van der Waals surface area (Å²) in [6, 6.07) is 1.90. The fraction of sp³-hybridized carbons (Fsp3) is 0.667. The molecule has 1 aromatic rings. The van der Waals surface area contributed by atoms with Gasteiger partial charge in [-0.2, -0.15) is 4.90 Å². The molecule has 0 aromatic carbocycles. The Balaban J connectivity index is 2.05. The van der Waals surface area contributed by atoms with E-state index in [0.717, 1.165) is 16.2 Å². The lowest BCUT2D eigenvalue weighted by atomic mass is 9.81. The van der Waals surface area contributed by atoms with Crippen molar-refractivity contribution in [1.29, 1.82) is 0 Å². The van der Waals surface area contributed by atoms with Gasteiger partial charge in [-0.15, -0.1) is 11.3 Å². The Morgan fingerprint density at radius 1 is 1.19 bits per heavy atom. The van der Waals surface area contributed by atoms with Gasteiger partial charge < -0.3 is 19.9 Å². The highest BCUT2D eigenvalue weighted by Crippen LogP contribution is 2.47. The number of ether oxygens (including phenoxy) is 3. The SMILES string of the molecule is CC(C)(C)OC(=O)N(C(=O)OC(C)(C)C)C1=N[C@@]2(c3cc(N)cs3)COCC[C@H]2CS1. The smallest absolute Gasteiger partial charge is 0.426 e. The lowest BCUT2D eigenvalue weighted by Gasteiger charge is -2.44. The minimum absolute atomic E-state index is 0.201. The van der Waals surface area contributed by atoms with E-state index in [1.54, 1.807) is 41.5 Å². The molecule has 1 aromatic heterocycles. The largest absolute Gasteiger partial charge is 0.443 e. The molecule has 0 bridgehead atoms. The molecule has 1 fully saturated rings. The number of carbonyl (C=O) groups is 2. The minimum Gasteiger partial charge on any atom is -0.443 e. The zero-order valence-electron chi connectivity index (χ0n) is 18.9. The van der Waals surface area contributed by atoms with E-state index in [2.05, 4.69) is 0 Å². The normalized spacial score (nSPS) is 24.1. The molecule has 3 heterocycles. The number of amidine groups is 1. The molecule has 2 aliphatic heterocycles. The number of hydrogen-bond donors (Lipinski definition) is 1. The van der Waals surface area contributed by atoms with E-state index in [1.165, 1.54) is 23.1 Å². The van der Waals surface area contributed by atoms with Gasteiger partial charge >= 0.3 is 12.2 Å². The molecule has 31 heavy (non-hydrogen) atoms. The molecule has 0 radical (unpaired) electrons. The maximum Gasteiger partial charge on any atom is 0.426 e. The van der Waals surface area contributed by atoms with E-state index in [-0.39, 0.29) is 11.1 Å². The number of nitrogen functional groups attached to an aromatic ring is 1. The summed E-state index contributed by atoms with van der Waals surface area (Å²) in [6.45, 7) is 11.5. The van der Waals surface area contributed by atoms with E-state index in [1.807, 2.05) is 11.4 Å². The van der Waals surface area contributed by atoms with Gasteiger partial charge in [0.05, 0.1) is 6.61 Å². The Labute approximate surface area is 191 Å². The molecule has 2 aliphatic rings. The molecule has 172 valence electrons. The molecule has 0 saturated carbocycles. The van der Waals surface area contributed by atoms with Crippen LogP contribution >= 0.6 is 23.1 Å². The number of aliphatic imine (C=N–C) groups is 1. The van der Waals surface area contributed by atoms with Crippen LogP contribution in [0.4, 0.5) is 15.3 Å². The number of thioether (sulfide) groups is 1. The zero-order chi connectivity index (χ0) is 23.0. The summed E-state index contributed by atoms with van der Waals surface area (Å²) < 4.78 is 16.8. The summed E-state index contributed by atoms with van der Waals surface area (Å²) in [6.07, 6.45) is -0.798. The van der Waals surface area contributed by atoms with Crippen molar-refractivity contribution in [3.8, 4) is 0 Å². The monoisotopic (exact) mass is 469 g/mol. The van der Waals surface area contributed by atoms with Crippen LogP contribution in [-0.2, 0) is 19.7 Å². The predicted octanol–water partition coefficient (Wildman–Crippen LogP) is 4.84. The van der Waals surface area contributed by atoms with Gasteiger partial charge in [0.1, 0.15) is 16.7 Å². The topological polar surface area (TPSA) is 103 Å². The third-order valence-electron chi connectivity index (χ3n) is 4.71. The van der Waals surface area contributed by atoms with Crippen LogP contribution in [0.5, 0.6) is 0 Å². The molecule has 1 saturated heterocycles. The van der Waals surface area contributed by atoms with Gasteiger partial charge in [0.15, 0.2) is 5.17 Å². The van der Waals surface area contributed by atoms with Crippen LogP contribution in [0.25, 0.3) is 0 Å². The first-order valence-electron chi connectivity index (χ1n) is 10.2. The van der Waals surface area contributed by atoms with Crippen LogP contribution in [0, 0.1) is 5.92 Å². The third-order valence-corrected chi connectivity index (χ3v) is 6.92. The van der Waals surface area contributed by atoms with E-state index in [4.69, 9.17) is 24.9 Å². The summed E-state index contributed by atoms with van der Waals surface area (Å²) in [5, 5.41) is 2.11. The Morgan fingerprint density at radius 3 is 2.32 bits per heavy atom. The van der Waals surface area contributed by atoms with Gasteiger partial charge in [0.2, 0.25) is 0 Å². The Morgan fingerprint density at radius 2 is 1.81 bits per heavy atom. The van der Waals surface area contributed by atoms with E-state index < -0.39 is 28.9 Å².